The minimum atomic E-state index is -3.23. The third-order valence-corrected chi connectivity index (χ3v) is 1.35. The number of alkyl halides is 3. The van der Waals surface area contributed by atoms with Crippen LogP contribution in [0.5, 0.6) is 0 Å². The summed E-state index contributed by atoms with van der Waals surface area (Å²) in [4.78, 5) is 10.6. The predicted octanol–water partition coefficient (Wildman–Crippen LogP) is 1.88. The Morgan fingerprint density at radius 1 is 1.82 bits per heavy atom. The molecule has 0 amide bonds. The van der Waals surface area contributed by atoms with E-state index in [4.69, 9.17) is 0 Å². The summed E-state index contributed by atoms with van der Waals surface area (Å²) in [6, 6.07) is 0. The first-order valence-electron chi connectivity index (χ1n) is 2.74. The van der Waals surface area contributed by atoms with Crippen LogP contribution in [0.4, 0.5) is 8.78 Å². The van der Waals surface area contributed by atoms with E-state index in [1.807, 2.05) is 0 Å². The van der Waals surface area contributed by atoms with Gasteiger partial charge < -0.3 is 4.74 Å². The quantitative estimate of drug-likeness (QED) is 0.372. The van der Waals surface area contributed by atoms with Crippen molar-refractivity contribution in [2.24, 2.45) is 0 Å². The number of hydrogen-bond acceptors (Lipinski definition) is 3. The Labute approximate surface area is 82.2 Å². The van der Waals surface area contributed by atoms with Gasteiger partial charge in [0.1, 0.15) is 3.92 Å². The van der Waals surface area contributed by atoms with E-state index in [9.17, 15) is 13.6 Å². The molecule has 0 fully saturated rings. The van der Waals surface area contributed by atoms with Crippen molar-refractivity contribution >= 4 is 41.2 Å². The molecule has 0 aliphatic carbocycles. The molecule has 6 heteroatoms. The Kier molecular flexibility index (Phi) is 4.60. The molecular formula is C5H7F2IO2S. The Bertz CT molecular complexity index is 146. The molecular weight excluding hydrogens is 289 g/mol. The molecule has 0 rings (SSSR count). The van der Waals surface area contributed by atoms with Crippen molar-refractivity contribution in [1.82, 2.24) is 0 Å². The van der Waals surface area contributed by atoms with Crippen LogP contribution in [0.1, 0.15) is 6.92 Å². The number of rotatable bonds is 3. The molecule has 0 aliphatic rings. The van der Waals surface area contributed by atoms with Crippen LogP contribution in [0.3, 0.4) is 0 Å². The van der Waals surface area contributed by atoms with Gasteiger partial charge in [-0.1, -0.05) is 22.6 Å². The first kappa shape index (κ1) is 11.4. The van der Waals surface area contributed by atoms with Crippen LogP contribution in [0.25, 0.3) is 0 Å². The van der Waals surface area contributed by atoms with Gasteiger partial charge in [0.15, 0.2) is 6.61 Å². The molecule has 0 radical (unpaired) electrons. The van der Waals surface area contributed by atoms with Crippen molar-refractivity contribution in [3.05, 3.63) is 0 Å². The highest BCUT2D eigenvalue weighted by Crippen LogP contribution is 2.18. The van der Waals surface area contributed by atoms with E-state index < -0.39 is 21.8 Å². The molecule has 0 heterocycles. The number of halogens is 3. The lowest BCUT2D eigenvalue weighted by Gasteiger charge is -2.10. The molecule has 0 aliphatic heterocycles. The van der Waals surface area contributed by atoms with Gasteiger partial charge in [-0.25, -0.2) is 0 Å². The van der Waals surface area contributed by atoms with Gasteiger partial charge in [0, 0.05) is 0 Å². The second kappa shape index (κ2) is 4.44. The van der Waals surface area contributed by atoms with Crippen LogP contribution < -0.4 is 0 Å². The summed E-state index contributed by atoms with van der Waals surface area (Å²) in [5.41, 5.74) is 0. The van der Waals surface area contributed by atoms with Gasteiger partial charge in [-0.2, -0.15) is 8.78 Å². The highest BCUT2D eigenvalue weighted by Gasteiger charge is 2.25. The summed E-state index contributed by atoms with van der Waals surface area (Å²) in [6.45, 7) is 0.585. The average molecular weight is 296 g/mol. The second-order valence-electron chi connectivity index (χ2n) is 1.89. The molecule has 1 unspecified atom stereocenters. The number of ether oxygens (including phenoxy) is 1. The number of carbonyl (C=O) groups is 1. The van der Waals surface area contributed by atoms with Crippen molar-refractivity contribution in [2.75, 3.05) is 6.61 Å². The van der Waals surface area contributed by atoms with Crippen LogP contribution in [0.15, 0.2) is 0 Å². The predicted molar refractivity (Wildman–Crippen MR) is 48.4 cm³/mol. The zero-order valence-electron chi connectivity index (χ0n) is 5.68. The topological polar surface area (TPSA) is 26.3 Å². The van der Waals surface area contributed by atoms with Crippen molar-refractivity contribution < 1.29 is 18.3 Å². The highest BCUT2D eigenvalue weighted by atomic mass is 127. The average Bonchev–Trinajstić information content (AvgIpc) is 1.80. The van der Waals surface area contributed by atoms with E-state index in [-0.39, 0.29) is 0 Å². The minimum Gasteiger partial charge on any atom is -0.457 e. The van der Waals surface area contributed by atoms with Gasteiger partial charge in [-0.15, -0.1) is 12.6 Å². The minimum absolute atomic E-state index is 0.414. The highest BCUT2D eigenvalue weighted by molar-refractivity contribution is 14.1. The largest absolute Gasteiger partial charge is 0.457 e. The molecule has 0 spiro atoms. The van der Waals surface area contributed by atoms with Crippen molar-refractivity contribution in [3.63, 3.8) is 0 Å². The monoisotopic (exact) mass is 296 g/mol. The summed E-state index contributed by atoms with van der Waals surface area (Å²) in [7, 11) is 0. The Morgan fingerprint density at radius 3 is 2.55 bits per heavy atom. The molecule has 0 aromatic carbocycles. The van der Waals surface area contributed by atoms with E-state index >= 15 is 0 Å². The van der Waals surface area contributed by atoms with Crippen molar-refractivity contribution in [1.29, 1.82) is 0 Å². The Morgan fingerprint density at radius 2 is 2.27 bits per heavy atom. The van der Waals surface area contributed by atoms with E-state index in [0.717, 1.165) is 0 Å². The normalized spacial score (nSPS) is 14.3. The maximum absolute atomic E-state index is 11.9. The lowest BCUT2D eigenvalue weighted by atomic mass is 10.5. The molecule has 66 valence electrons. The molecule has 0 N–H and O–H groups in total. The number of thiol groups is 1. The van der Waals surface area contributed by atoms with Gasteiger partial charge in [0.2, 0.25) is 0 Å². The van der Waals surface area contributed by atoms with E-state index in [0.29, 0.717) is 0 Å². The first-order valence-corrected chi connectivity index (χ1v) is 4.43. The summed E-state index contributed by atoms with van der Waals surface area (Å²) in [5.74, 6) is -0.653. The number of carbonyl (C=O) groups excluding carboxylic acids is 1. The van der Waals surface area contributed by atoms with Crippen LogP contribution >= 0.6 is 35.2 Å². The fourth-order valence-corrected chi connectivity index (χ4v) is 0.517. The van der Waals surface area contributed by atoms with Gasteiger partial charge in [0.25, 0.3) is 0 Å². The Hall–Kier alpha value is 0.410. The summed E-state index contributed by atoms with van der Waals surface area (Å²) in [5, 5.41) is -3.23. The molecule has 0 saturated carbocycles. The second-order valence-corrected chi connectivity index (χ2v) is 4.41. The lowest BCUT2D eigenvalue weighted by molar-refractivity contribution is -0.147. The van der Waals surface area contributed by atoms with Crippen LogP contribution in [0, 0.1) is 0 Å². The number of esters is 1. The smallest absolute Gasteiger partial charge is 0.324 e. The fourth-order valence-electron chi connectivity index (χ4n) is 0.273. The maximum Gasteiger partial charge on any atom is 0.324 e. The molecule has 11 heavy (non-hydrogen) atoms. The fraction of sp³-hybridized carbons (Fsp3) is 0.800. The molecule has 0 bridgehead atoms. The van der Waals surface area contributed by atoms with Gasteiger partial charge in [0.05, 0.1) is 0 Å². The molecule has 0 aromatic heterocycles. The number of hydrogen-bond donors (Lipinski definition) is 1. The lowest BCUT2D eigenvalue weighted by Crippen LogP contribution is -2.22. The van der Waals surface area contributed by atoms with E-state index in [2.05, 4.69) is 17.4 Å². The summed E-state index contributed by atoms with van der Waals surface area (Å²) >= 11 is 4.66. The zero-order valence-corrected chi connectivity index (χ0v) is 8.73. The van der Waals surface area contributed by atoms with Gasteiger partial charge >= 0.3 is 11.2 Å². The zero-order chi connectivity index (χ0) is 9.07. The van der Waals surface area contributed by atoms with Gasteiger partial charge in [-0.05, 0) is 6.92 Å². The van der Waals surface area contributed by atoms with Gasteiger partial charge in [-0.3, -0.25) is 4.79 Å². The van der Waals surface area contributed by atoms with E-state index in [1.165, 1.54) is 0 Å². The van der Waals surface area contributed by atoms with Crippen molar-refractivity contribution in [2.45, 2.75) is 16.1 Å². The third kappa shape index (κ3) is 6.79. The molecule has 2 nitrogen and oxygen atoms in total. The van der Waals surface area contributed by atoms with E-state index in [1.54, 1.807) is 29.5 Å². The molecule has 0 saturated heterocycles. The van der Waals surface area contributed by atoms with Crippen LogP contribution in [0.2, 0.25) is 0 Å². The van der Waals surface area contributed by atoms with Crippen LogP contribution in [-0.4, -0.2) is 21.8 Å². The van der Waals surface area contributed by atoms with Crippen LogP contribution in [-0.2, 0) is 9.53 Å². The molecule has 0 aromatic rings. The summed E-state index contributed by atoms with van der Waals surface area (Å²) in [6.07, 6.45) is 0. The SMILES string of the molecule is CC(I)C(=O)OCC(F)(F)S. The molecule has 1 atom stereocenters. The summed E-state index contributed by atoms with van der Waals surface area (Å²) < 4.78 is 27.6. The maximum atomic E-state index is 11.9. The standard InChI is InChI=1S/C5H7F2IO2S/c1-3(8)4(9)10-2-5(6,7)11/h3,11H,2H2,1H3. The van der Waals surface area contributed by atoms with Crippen molar-refractivity contribution in [3.8, 4) is 0 Å². The third-order valence-electron chi connectivity index (χ3n) is 0.713. The first-order chi connectivity index (χ1) is 4.83. The Balaban J connectivity index is 3.64.